The van der Waals surface area contributed by atoms with E-state index in [0.29, 0.717) is 22.4 Å². The summed E-state index contributed by atoms with van der Waals surface area (Å²) in [6.07, 6.45) is 6.03. The molecule has 2 aromatic carbocycles. The minimum absolute atomic E-state index is 0.0767. The summed E-state index contributed by atoms with van der Waals surface area (Å²) in [4.78, 5) is 43.6. The van der Waals surface area contributed by atoms with E-state index >= 15 is 0 Å². The van der Waals surface area contributed by atoms with Crippen molar-refractivity contribution >= 4 is 28.4 Å². The van der Waals surface area contributed by atoms with Gasteiger partial charge in [0.05, 0.1) is 21.6 Å². The number of hydrogen-bond donors (Lipinski definition) is 1. The Morgan fingerprint density at radius 3 is 2.61 bits per heavy atom. The third-order valence-electron chi connectivity index (χ3n) is 6.82. The predicted molar refractivity (Wildman–Crippen MR) is 121 cm³/mol. The number of carbonyl (C=O) groups excluding carboxylic acids is 1. The van der Waals surface area contributed by atoms with Crippen molar-refractivity contribution in [2.75, 3.05) is 13.1 Å². The first-order valence-corrected chi connectivity index (χ1v) is 11.2. The van der Waals surface area contributed by atoms with Crippen LogP contribution in [0, 0.1) is 11.8 Å². The zero-order valence-corrected chi connectivity index (χ0v) is 17.9. The Hall–Kier alpha value is -2.86. The third kappa shape index (κ3) is 3.59. The zero-order chi connectivity index (χ0) is 21.5. The molecule has 7 heteroatoms. The van der Waals surface area contributed by atoms with E-state index in [2.05, 4.69) is 4.98 Å². The number of halogens is 1. The average Bonchev–Trinajstić information content (AvgIpc) is 2.79. The predicted octanol–water partition coefficient (Wildman–Crippen LogP) is 3.98. The second kappa shape index (κ2) is 8.00. The van der Waals surface area contributed by atoms with Crippen LogP contribution in [0.5, 0.6) is 0 Å². The molecule has 0 bridgehead atoms. The molecule has 2 aliphatic rings. The van der Waals surface area contributed by atoms with E-state index in [9.17, 15) is 14.4 Å². The third-order valence-corrected chi connectivity index (χ3v) is 7.14. The number of fused-ring (bicyclic) bond motifs is 2. The normalized spacial score (nSPS) is 21.1. The molecule has 1 amide bonds. The summed E-state index contributed by atoms with van der Waals surface area (Å²) in [6, 6.07) is 11.6. The van der Waals surface area contributed by atoms with E-state index in [1.54, 1.807) is 42.5 Å². The lowest BCUT2D eigenvalue weighted by atomic mass is 9.75. The number of para-hydroxylation sites is 1. The van der Waals surface area contributed by atoms with Gasteiger partial charge in [-0.05, 0) is 55.0 Å². The number of H-pyrrole nitrogens is 1. The van der Waals surface area contributed by atoms with Gasteiger partial charge < -0.3 is 9.88 Å². The fourth-order valence-corrected chi connectivity index (χ4v) is 5.37. The van der Waals surface area contributed by atoms with Gasteiger partial charge >= 0.3 is 5.69 Å². The van der Waals surface area contributed by atoms with Crippen LogP contribution in [0.15, 0.2) is 52.1 Å². The Balaban J connectivity index is 1.52. The maximum absolute atomic E-state index is 13.3. The largest absolute Gasteiger partial charge is 0.338 e. The molecule has 2 heterocycles. The minimum atomic E-state index is -0.585. The van der Waals surface area contributed by atoms with Gasteiger partial charge in [0.1, 0.15) is 0 Å². The maximum Gasteiger partial charge on any atom is 0.333 e. The Bertz CT molecular complexity index is 1280. The lowest BCUT2D eigenvalue weighted by Gasteiger charge is -2.41. The van der Waals surface area contributed by atoms with E-state index < -0.39 is 11.2 Å². The molecule has 0 spiro atoms. The highest BCUT2D eigenvalue weighted by molar-refractivity contribution is 6.32. The standard InChI is InChI=1S/C24H24ClN3O3/c25-19-10-9-16(22(29)27-12-11-15-5-1-2-6-17(15)14-27)13-21(19)28-23(30)18-7-3-4-8-20(18)26-24(28)31/h3-4,7-10,13,15,17H,1-2,5-6,11-12,14H2,(H,26,31). The number of likely N-dealkylation sites (tertiary alicyclic amines) is 1. The molecule has 2 atom stereocenters. The Kier molecular flexibility index (Phi) is 5.18. The Morgan fingerprint density at radius 2 is 1.77 bits per heavy atom. The number of benzene rings is 2. The molecule has 1 saturated carbocycles. The molecule has 6 nitrogen and oxygen atoms in total. The van der Waals surface area contributed by atoms with Crippen LogP contribution < -0.4 is 11.2 Å². The first kappa shape index (κ1) is 20.1. The lowest BCUT2D eigenvalue weighted by Crippen LogP contribution is -2.44. The molecule has 1 saturated heterocycles. The molecule has 1 aliphatic carbocycles. The van der Waals surface area contributed by atoms with Gasteiger partial charge in [-0.25, -0.2) is 9.36 Å². The van der Waals surface area contributed by atoms with Gasteiger partial charge in [-0.2, -0.15) is 0 Å². The van der Waals surface area contributed by atoms with Crippen LogP contribution in [0.3, 0.4) is 0 Å². The van der Waals surface area contributed by atoms with Gasteiger partial charge in [0, 0.05) is 18.7 Å². The summed E-state index contributed by atoms with van der Waals surface area (Å²) in [5, 5.41) is 0.625. The lowest BCUT2D eigenvalue weighted by molar-refractivity contribution is 0.0521. The second-order valence-corrected chi connectivity index (χ2v) is 9.03. The molecular weight excluding hydrogens is 414 g/mol. The number of amides is 1. The summed E-state index contributed by atoms with van der Waals surface area (Å²) >= 11 is 6.37. The van der Waals surface area contributed by atoms with Crippen molar-refractivity contribution in [1.29, 1.82) is 0 Å². The van der Waals surface area contributed by atoms with E-state index in [1.807, 2.05) is 4.90 Å². The average molecular weight is 438 g/mol. The zero-order valence-electron chi connectivity index (χ0n) is 17.1. The van der Waals surface area contributed by atoms with Gasteiger partial charge in [0.2, 0.25) is 0 Å². The van der Waals surface area contributed by atoms with Crippen LogP contribution in [-0.4, -0.2) is 33.4 Å². The van der Waals surface area contributed by atoms with Gasteiger partial charge in [-0.1, -0.05) is 43.0 Å². The maximum atomic E-state index is 13.3. The van der Waals surface area contributed by atoms with Crippen LogP contribution in [0.25, 0.3) is 16.6 Å². The molecule has 0 radical (unpaired) electrons. The van der Waals surface area contributed by atoms with Gasteiger partial charge in [0.15, 0.2) is 0 Å². The van der Waals surface area contributed by atoms with Crippen LogP contribution in [0.4, 0.5) is 0 Å². The Labute approximate surface area is 184 Å². The van der Waals surface area contributed by atoms with Crippen molar-refractivity contribution in [2.24, 2.45) is 11.8 Å². The highest BCUT2D eigenvalue weighted by Gasteiger charge is 2.33. The van der Waals surface area contributed by atoms with Crippen LogP contribution in [0.1, 0.15) is 42.5 Å². The summed E-state index contributed by atoms with van der Waals surface area (Å²) in [7, 11) is 0. The van der Waals surface area contributed by atoms with Crippen molar-refractivity contribution < 1.29 is 4.79 Å². The van der Waals surface area contributed by atoms with E-state index in [4.69, 9.17) is 11.6 Å². The van der Waals surface area contributed by atoms with E-state index in [1.165, 1.54) is 25.7 Å². The first-order chi connectivity index (χ1) is 15.0. The van der Waals surface area contributed by atoms with Crippen molar-refractivity contribution in [2.45, 2.75) is 32.1 Å². The highest BCUT2D eigenvalue weighted by atomic mass is 35.5. The quantitative estimate of drug-likeness (QED) is 0.658. The Morgan fingerprint density at radius 1 is 1.00 bits per heavy atom. The number of aromatic amines is 1. The number of aromatic nitrogens is 2. The molecule has 3 aromatic rings. The second-order valence-electron chi connectivity index (χ2n) is 8.63. The molecule has 1 aromatic heterocycles. The van der Waals surface area contributed by atoms with Crippen LogP contribution in [-0.2, 0) is 0 Å². The monoisotopic (exact) mass is 437 g/mol. The fraction of sp³-hybridized carbons (Fsp3) is 0.375. The summed E-state index contributed by atoms with van der Waals surface area (Å²) in [5.41, 5.74) is 0.0738. The molecule has 2 unspecified atom stereocenters. The molecule has 160 valence electrons. The van der Waals surface area contributed by atoms with Crippen molar-refractivity contribution in [1.82, 2.24) is 14.5 Å². The topological polar surface area (TPSA) is 75.2 Å². The van der Waals surface area contributed by atoms with Gasteiger partial charge in [-0.3, -0.25) is 9.59 Å². The smallest absolute Gasteiger partial charge is 0.333 e. The number of piperidine rings is 1. The van der Waals surface area contributed by atoms with E-state index in [0.717, 1.165) is 30.0 Å². The number of nitrogens with zero attached hydrogens (tertiary/aromatic N) is 2. The van der Waals surface area contributed by atoms with Crippen molar-refractivity contribution in [3.63, 3.8) is 0 Å². The van der Waals surface area contributed by atoms with Crippen molar-refractivity contribution in [3.05, 3.63) is 73.9 Å². The van der Waals surface area contributed by atoms with Gasteiger partial charge in [0.25, 0.3) is 11.5 Å². The molecule has 5 rings (SSSR count). The minimum Gasteiger partial charge on any atom is -0.338 e. The SMILES string of the molecule is O=C(c1ccc(Cl)c(-n2c(=O)[nH]c3ccccc3c2=O)c1)N1CCC2CCCCC2C1. The van der Waals surface area contributed by atoms with Crippen molar-refractivity contribution in [3.8, 4) is 5.69 Å². The number of hydrogen-bond acceptors (Lipinski definition) is 3. The van der Waals surface area contributed by atoms with E-state index in [-0.39, 0.29) is 16.6 Å². The number of carbonyl (C=O) groups is 1. The van der Waals surface area contributed by atoms with Crippen LogP contribution >= 0.6 is 11.6 Å². The molecular formula is C24H24ClN3O3. The number of nitrogens with one attached hydrogen (secondary N) is 1. The molecule has 1 aliphatic heterocycles. The molecule has 2 fully saturated rings. The first-order valence-electron chi connectivity index (χ1n) is 10.9. The molecule has 1 N–H and O–H groups in total. The summed E-state index contributed by atoms with van der Waals surface area (Å²) in [5.74, 6) is 1.23. The summed E-state index contributed by atoms with van der Waals surface area (Å²) < 4.78 is 1.01. The molecule has 31 heavy (non-hydrogen) atoms. The number of rotatable bonds is 2. The van der Waals surface area contributed by atoms with Gasteiger partial charge in [-0.15, -0.1) is 0 Å². The fourth-order valence-electron chi connectivity index (χ4n) is 5.17. The highest BCUT2D eigenvalue weighted by Crippen LogP contribution is 2.36. The van der Waals surface area contributed by atoms with Crippen LogP contribution in [0.2, 0.25) is 5.02 Å². The summed E-state index contributed by atoms with van der Waals surface area (Å²) in [6.45, 7) is 1.52.